The first-order chi connectivity index (χ1) is 6.22. The molecule has 1 atom stereocenters. The van der Waals surface area contributed by atoms with Crippen LogP contribution in [0, 0.1) is 3.57 Å². The van der Waals surface area contributed by atoms with Gasteiger partial charge in [-0.05, 0) is 60.2 Å². The van der Waals surface area contributed by atoms with E-state index in [2.05, 4.69) is 66.0 Å². The first-order valence-electron chi connectivity index (χ1n) is 4.70. The van der Waals surface area contributed by atoms with Crippen molar-refractivity contribution in [1.29, 1.82) is 0 Å². The molecule has 0 aromatic heterocycles. The molecule has 0 radical (unpaired) electrons. The molecule has 0 fully saturated rings. The quantitative estimate of drug-likeness (QED) is 0.840. The topological polar surface area (TPSA) is 12.0 Å². The third-order valence-electron chi connectivity index (χ3n) is 2.01. The molecular weight excluding hydrogens is 273 g/mol. The Morgan fingerprint density at radius 1 is 1.31 bits per heavy atom. The highest BCUT2D eigenvalue weighted by Gasteiger charge is 2.00. The van der Waals surface area contributed by atoms with Crippen molar-refractivity contribution in [2.45, 2.75) is 26.3 Å². The SMILES string of the molecule is CCNC(C)Cc1ccc(I)cc1. The minimum Gasteiger partial charge on any atom is -0.314 e. The van der Waals surface area contributed by atoms with E-state index in [9.17, 15) is 0 Å². The average molecular weight is 289 g/mol. The summed E-state index contributed by atoms with van der Waals surface area (Å²) in [6.45, 7) is 5.41. The van der Waals surface area contributed by atoms with Gasteiger partial charge in [0.25, 0.3) is 0 Å². The van der Waals surface area contributed by atoms with Gasteiger partial charge in [0.2, 0.25) is 0 Å². The molecular formula is C11H16IN. The Morgan fingerprint density at radius 2 is 1.92 bits per heavy atom. The highest BCUT2D eigenvalue weighted by molar-refractivity contribution is 14.1. The van der Waals surface area contributed by atoms with Crippen LogP contribution in [0.4, 0.5) is 0 Å². The number of hydrogen-bond donors (Lipinski definition) is 1. The molecule has 0 aliphatic rings. The Labute approximate surface area is 94.1 Å². The summed E-state index contributed by atoms with van der Waals surface area (Å²) < 4.78 is 1.30. The number of likely N-dealkylation sites (N-methyl/N-ethyl adjacent to an activating group) is 1. The molecule has 0 saturated carbocycles. The van der Waals surface area contributed by atoms with Crippen LogP contribution in [-0.4, -0.2) is 12.6 Å². The summed E-state index contributed by atoms with van der Waals surface area (Å²) in [5, 5.41) is 3.41. The highest BCUT2D eigenvalue weighted by Crippen LogP contribution is 2.08. The molecule has 0 heterocycles. The lowest BCUT2D eigenvalue weighted by molar-refractivity contribution is 0.565. The first-order valence-corrected chi connectivity index (χ1v) is 5.78. The summed E-state index contributed by atoms with van der Waals surface area (Å²) in [4.78, 5) is 0. The highest BCUT2D eigenvalue weighted by atomic mass is 127. The van der Waals surface area contributed by atoms with Gasteiger partial charge in [-0.25, -0.2) is 0 Å². The maximum Gasteiger partial charge on any atom is 0.0130 e. The van der Waals surface area contributed by atoms with Crippen molar-refractivity contribution in [3.05, 3.63) is 33.4 Å². The van der Waals surface area contributed by atoms with Crippen molar-refractivity contribution in [2.24, 2.45) is 0 Å². The smallest absolute Gasteiger partial charge is 0.0130 e. The van der Waals surface area contributed by atoms with Gasteiger partial charge in [-0.3, -0.25) is 0 Å². The van der Waals surface area contributed by atoms with Crippen molar-refractivity contribution < 1.29 is 0 Å². The molecule has 1 nitrogen and oxygen atoms in total. The van der Waals surface area contributed by atoms with Crippen LogP contribution < -0.4 is 5.32 Å². The van der Waals surface area contributed by atoms with Gasteiger partial charge >= 0.3 is 0 Å². The number of halogens is 1. The molecule has 0 spiro atoms. The molecule has 0 aliphatic heterocycles. The zero-order chi connectivity index (χ0) is 9.68. The molecule has 2 heteroatoms. The van der Waals surface area contributed by atoms with Crippen LogP contribution in [0.2, 0.25) is 0 Å². The Kier molecular flexibility index (Phi) is 4.73. The second-order valence-electron chi connectivity index (χ2n) is 3.29. The van der Waals surface area contributed by atoms with Crippen molar-refractivity contribution in [1.82, 2.24) is 5.32 Å². The molecule has 0 aliphatic carbocycles. The second kappa shape index (κ2) is 5.60. The van der Waals surface area contributed by atoms with Gasteiger partial charge in [-0.15, -0.1) is 0 Å². The number of nitrogens with one attached hydrogen (secondary N) is 1. The van der Waals surface area contributed by atoms with Gasteiger partial charge in [0.1, 0.15) is 0 Å². The lowest BCUT2D eigenvalue weighted by Gasteiger charge is -2.11. The van der Waals surface area contributed by atoms with E-state index in [1.54, 1.807) is 0 Å². The average Bonchev–Trinajstić information content (AvgIpc) is 2.09. The van der Waals surface area contributed by atoms with E-state index in [1.165, 1.54) is 9.13 Å². The minimum atomic E-state index is 0.574. The minimum absolute atomic E-state index is 0.574. The lowest BCUT2D eigenvalue weighted by atomic mass is 10.1. The lowest BCUT2D eigenvalue weighted by Crippen LogP contribution is -2.27. The van der Waals surface area contributed by atoms with Crippen LogP contribution in [0.15, 0.2) is 24.3 Å². The zero-order valence-corrected chi connectivity index (χ0v) is 10.3. The molecule has 1 aromatic carbocycles. The molecule has 1 N–H and O–H groups in total. The van der Waals surface area contributed by atoms with Crippen LogP contribution >= 0.6 is 22.6 Å². The van der Waals surface area contributed by atoms with Gasteiger partial charge < -0.3 is 5.32 Å². The van der Waals surface area contributed by atoms with Crippen LogP contribution in [-0.2, 0) is 6.42 Å². The largest absolute Gasteiger partial charge is 0.314 e. The van der Waals surface area contributed by atoms with E-state index < -0.39 is 0 Å². The predicted octanol–water partition coefficient (Wildman–Crippen LogP) is 2.83. The molecule has 0 amide bonds. The Bertz CT molecular complexity index is 243. The van der Waals surface area contributed by atoms with Crippen molar-refractivity contribution in [3.8, 4) is 0 Å². The summed E-state index contributed by atoms with van der Waals surface area (Å²) in [6.07, 6.45) is 1.12. The Hall–Kier alpha value is -0.0900. The van der Waals surface area contributed by atoms with E-state index in [1.807, 2.05) is 0 Å². The fraction of sp³-hybridized carbons (Fsp3) is 0.455. The predicted molar refractivity (Wildman–Crippen MR) is 66.0 cm³/mol. The number of hydrogen-bond acceptors (Lipinski definition) is 1. The third kappa shape index (κ3) is 4.09. The van der Waals surface area contributed by atoms with E-state index in [4.69, 9.17) is 0 Å². The van der Waals surface area contributed by atoms with Gasteiger partial charge in [0, 0.05) is 9.61 Å². The standard InChI is InChI=1S/C11H16IN/c1-3-13-9(2)8-10-4-6-11(12)7-5-10/h4-7,9,13H,3,8H2,1-2H3. The van der Waals surface area contributed by atoms with Crippen molar-refractivity contribution in [2.75, 3.05) is 6.54 Å². The van der Waals surface area contributed by atoms with Crippen LogP contribution in [0.3, 0.4) is 0 Å². The molecule has 1 rings (SSSR count). The first kappa shape index (κ1) is 11.0. The Morgan fingerprint density at radius 3 is 2.46 bits per heavy atom. The number of benzene rings is 1. The normalized spacial score (nSPS) is 12.8. The third-order valence-corrected chi connectivity index (χ3v) is 2.73. The molecule has 0 saturated heterocycles. The summed E-state index contributed by atoms with van der Waals surface area (Å²) >= 11 is 2.33. The summed E-state index contributed by atoms with van der Waals surface area (Å²) in [6, 6.07) is 9.30. The molecule has 13 heavy (non-hydrogen) atoms. The van der Waals surface area contributed by atoms with Crippen molar-refractivity contribution in [3.63, 3.8) is 0 Å². The van der Waals surface area contributed by atoms with Crippen molar-refractivity contribution >= 4 is 22.6 Å². The van der Waals surface area contributed by atoms with E-state index in [0.717, 1.165) is 13.0 Å². The van der Waals surface area contributed by atoms with Gasteiger partial charge in [0.05, 0.1) is 0 Å². The summed E-state index contributed by atoms with van der Waals surface area (Å²) in [5.74, 6) is 0. The van der Waals surface area contributed by atoms with Crippen LogP contribution in [0.5, 0.6) is 0 Å². The van der Waals surface area contributed by atoms with Crippen LogP contribution in [0.25, 0.3) is 0 Å². The second-order valence-corrected chi connectivity index (χ2v) is 4.53. The van der Waals surface area contributed by atoms with E-state index in [-0.39, 0.29) is 0 Å². The molecule has 0 bridgehead atoms. The van der Waals surface area contributed by atoms with Crippen LogP contribution in [0.1, 0.15) is 19.4 Å². The molecule has 72 valence electrons. The summed E-state index contributed by atoms with van der Waals surface area (Å²) in [5.41, 5.74) is 1.41. The zero-order valence-electron chi connectivity index (χ0n) is 8.18. The maximum atomic E-state index is 3.41. The number of rotatable bonds is 4. The summed E-state index contributed by atoms with van der Waals surface area (Å²) in [7, 11) is 0. The van der Waals surface area contributed by atoms with Gasteiger partial charge in [-0.1, -0.05) is 19.1 Å². The fourth-order valence-electron chi connectivity index (χ4n) is 1.39. The van der Waals surface area contributed by atoms with Gasteiger partial charge in [0.15, 0.2) is 0 Å². The molecule has 1 aromatic rings. The Balaban J connectivity index is 2.49. The molecule has 1 unspecified atom stereocenters. The maximum absolute atomic E-state index is 3.41. The van der Waals surface area contributed by atoms with E-state index in [0.29, 0.717) is 6.04 Å². The van der Waals surface area contributed by atoms with Gasteiger partial charge in [-0.2, -0.15) is 0 Å². The fourth-order valence-corrected chi connectivity index (χ4v) is 1.75. The monoisotopic (exact) mass is 289 g/mol. The van der Waals surface area contributed by atoms with E-state index >= 15 is 0 Å².